The summed E-state index contributed by atoms with van der Waals surface area (Å²) in [4.78, 5) is 8.82. The summed E-state index contributed by atoms with van der Waals surface area (Å²) < 4.78 is 2.07. The maximum absolute atomic E-state index is 4.73. The minimum absolute atomic E-state index is 0.651. The molecule has 0 atom stereocenters. The van der Waals surface area contributed by atoms with Gasteiger partial charge in [0.2, 0.25) is 0 Å². The van der Waals surface area contributed by atoms with Gasteiger partial charge in [0.25, 0.3) is 0 Å². The first-order valence-corrected chi connectivity index (χ1v) is 9.43. The van der Waals surface area contributed by atoms with E-state index in [1.54, 1.807) is 6.20 Å². The van der Waals surface area contributed by atoms with Crippen LogP contribution in [0.3, 0.4) is 0 Å². The van der Waals surface area contributed by atoms with Crippen LogP contribution in [0, 0.1) is 0 Å². The predicted octanol–water partition coefficient (Wildman–Crippen LogP) is 3.23. The molecular formula is C22H27N5. The van der Waals surface area contributed by atoms with Crippen molar-refractivity contribution in [3.05, 3.63) is 90.0 Å². The first-order valence-electron chi connectivity index (χ1n) is 9.43. The highest BCUT2D eigenvalue weighted by Crippen LogP contribution is 2.08. The monoisotopic (exact) mass is 361 g/mol. The van der Waals surface area contributed by atoms with Gasteiger partial charge in [0, 0.05) is 32.0 Å². The van der Waals surface area contributed by atoms with Crippen molar-refractivity contribution in [1.82, 2.24) is 20.2 Å². The SMILES string of the molecule is CCNC(=NCc1cccc(Cn2ccnc2)c1)NCCc1ccccc1. The van der Waals surface area contributed by atoms with Crippen LogP contribution < -0.4 is 10.6 Å². The normalized spacial score (nSPS) is 11.4. The number of imidazole rings is 1. The number of nitrogens with one attached hydrogen (secondary N) is 2. The Kier molecular flexibility index (Phi) is 7.04. The Morgan fingerprint density at radius 2 is 1.81 bits per heavy atom. The van der Waals surface area contributed by atoms with Gasteiger partial charge in [-0.25, -0.2) is 9.98 Å². The minimum Gasteiger partial charge on any atom is -0.357 e. The van der Waals surface area contributed by atoms with Gasteiger partial charge in [-0.2, -0.15) is 0 Å². The van der Waals surface area contributed by atoms with E-state index >= 15 is 0 Å². The van der Waals surface area contributed by atoms with E-state index in [0.717, 1.165) is 32.0 Å². The van der Waals surface area contributed by atoms with Crippen LogP contribution in [0.2, 0.25) is 0 Å². The molecule has 140 valence electrons. The van der Waals surface area contributed by atoms with Crippen LogP contribution in [0.4, 0.5) is 0 Å². The molecule has 0 unspecified atom stereocenters. The smallest absolute Gasteiger partial charge is 0.191 e. The largest absolute Gasteiger partial charge is 0.357 e. The molecule has 0 radical (unpaired) electrons. The first kappa shape index (κ1) is 18.7. The average molecular weight is 361 g/mol. The Hall–Kier alpha value is -3.08. The summed E-state index contributed by atoms with van der Waals surface area (Å²) in [6.07, 6.45) is 6.60. The highest BCUT2D eigenvalue weighted by atomic mass is 15.2. The molecule has 2 N–H and O–H groups in total. The summed E-state index contributed by atoms with van der Waals surface area (Å²) in [5, 5.41) is 6.73. The summed E-state index contributed by atoms with van der Waals surface area (Å²) in [6.45, 7) is 5.26. The van der Waals surface area contributed by atoms with Gasteiger partial charge < -0.3 is 15.2 Å². The fourth-order valence-electron chi connectivity index (χ4n) is 2.90. The second-order valence-corrected chi connectivity index (χ2v) is 6.41. The standard InChI is InChI=1S/C22H27N5/c1-2-24-22(25-12-11-19-7-4-3-5-8-19)26-16-20-9-6-10-21(15-20)17-27-14-13-23-18-27/h3-10,13-15,18H,2,11-12,16-17H2,1H3,(H2,24,25,26). The molecule has 0 aliphatic rings. The highest BCUT2D eigenvalue weighted by Gasteiger charge is 2.00. The number of hydrogen-bond acceptors (Lipinski definition) is 2. The Labute approximate surface area is 161 Å². The molecule has 0 spiro atoms. The van der Waals surface area contributed by atoms with Gasteiger partial charge in [-0.15, -0.1) is 0 Å². The first-order chi connectivity index (χ1) is 13.3. The fraction of sp³-hybridized carbons (Fsp3) is 0.273. The van der Waals surface area contributed by atoms with Crippen LogP contribution in [0.15, 0.2) is 78.3 Å². The Bertz CT molecular complexity index is 825. The molecule has 3 rings (SSSR count). The van der Waals surface area contributed by atoms with Gasteiger partial charge in [0.05, 0.1) is 12.9 Å². The van der Waals surface area contributed by atoms with Gasteiger partial charge in [-0.1, -0.05) is 54.6 Å². The van der Waals surface area contributed by atoms with Crippen molar-refractivity contribution < 1.29 is 0 Å². The second-order valence-electron chi connectivity index (χ2n) is 6.41. The summed E-state index contributed by atoms with van der Waals surface area (Å²) in [6, 6.07) is 19.0. The van der Waals surface area contributed by atoms with Crippen LogP contribution in [-0.4, -0.2) is 28.6 Å². The van der Waals surface area contributed by atoms with Gasteiger partial charge in [-0.3, -0.25) is 0 Å². The zero-order valence-corrected chi connectivity index (χ0v) is 15.8. The third-order valence-electron chi connectivity index (χ3n) is 4.23. The number of hydrogen-bond donors (Lipinski definition) is 2. The van der Waals surface area contributed by atoms with E-state index in [4.69, 9.17) is 4.99 Å². The molecule has 0 aliphatic heterocycles. The number of guanidine groups is 1. The number of rotatable bonds is 8. The minimum atomic E-state index is 0.651. The Morgan fingerprint density at radius 1 is 1.00 bits per heavy atom. The highest BCUT2D eigenvalue weighted by molar-refractivity contribution is 5.79. The third-order valence-corrected chi connectivity index (χ3v) is 4.23. The molecule has 5 heteroatoms. The van der Waals surface area contributed by atoms with Crippen molar-refractivity contribution in [2.45, 2.75) is 26.4 Å². The Balaban J connectivity index is 1.55. The van der Waals surface area contributed by atoms with Crippen LogP contribution >= 0.6 is 0 Å². The lowest BCUT2D eigenvalue weighted by Gasteiger charge is -2.11. The molecule has 0 aliphatic carbocycles. The number of benzene rings is 2. The maximum atomic E-state index is 4.73. The molecular weight excluding hydrogens is 334 g/mol. The molecule has 5 nitrogen and oxygen atoms in total. The van der Waals surface area contributed by atoms with E-state index in [-0.39, 0.29) is 0 Å². The molecule has 2 aromatic carbocycles. The van der Waals surface area contributed by atoms with Gasteiger partial charge in [0.15, 0.2) is 5.96 Å². The lowest BCUT2D eigenvalue weighted by atomic mass is 10.1. The molecule has 0 bridgehead atoms. The maximum Gasteiger partial charge on any atom is 0.191 e. The van der Waals surface area contributed by atoms with E-state index in [9.17, 15) is 0 Å². The quantitative estimate of drug-likeness (QED) is 0.478. The molecule has 1 heterocycles. The summed E-state index contributed by atoms with van der Waals surface area (Å²) in [7, 11) is 0. The molecule has 3 aromatic rings. The number of aromatic nitrogens is 2. The van der Waals surface area contributed by atoms with E-state index < -0.39 is 0 Å². The number of nitrogens with zero attached hydrogens (tertiary/aromatic N) is 3. The van der Waals surface area contributed by atoms with Gasteiger partial charge in [-0.05, 0) is 30.0 Å². The summed E-state index contributed by atoms with van der Waals surface area (Å²) in [5.41, 5.74) is 3.78. The molecule has 1 aromatic heterocycles. The van der Waals surface area contributed by atoms with Gasteiger partial charge >= 0.3 is 0 Å². The zero-order chi connectivity index (χ0) is 18.7. The Morgan fingerprint density at radius 3 is 2.59 bits per heavy atom. The summed E-state index contributed by atoms with van der Waals surface area (Å²) in [5.74, 6) is 0.855. The lowest BCUT2D eigenvalue weighted by molar-refractivity contribution is 0.791. The zero-order valence-electron chi connectivity index (χ0n) is 15.8. The third kappa shape index (κ3) is 6.29. The van der Waals surface area contributed by atoms with Crippen molar-refractivity contribution in [3.8, 4) is 0 Å². The van der Waals surface area contributed by atoms with E-state index in [0.29, 0.717) is 6.54 Å². The fourth-order valence-corrected chi connectivity index (χ4v) is 2.90. The van der Waals surface area contributed by atoms with Crippen molar-refractivity contribution in [2.24, 2.45) is 4.99 Å². The molecule has 0 saturated heterocycles. The van der Waals surface area contributed by atoms with E-state index in [1.807, 2.05) is 18.6 Å². The van der Waals surface area contributed by atoms with E-state index in [2.05, 4.69) is 75.6 Å². The van der Waals surface area contributed by atoms with Crippen LogP contribution in [0.5, 0.6) is 0 Å². The average Bonchev–Trinajstić information content (AvgIpc) is 3.20. The summed E-state index contributed by atoms with van der Waals surface area (Å²) >= 11 is 0. The van der Waals surface area contributed by atoms with Crippen LogP contribution in [-0.2, 0) is 19.5 Å². The number of aliphatic imine (C=N–C) groups is 1. The predicted molar refractivity (Wildman–Crippen MR) is 111 cm³/mol. The second kappa shape index (κ2) is 10.2. The molecule has 0 amide bonds. The van der Waals surface area contributed by atoms with E-state index in [1.165, 1.54) is 16.7 Å². The molecule has 0 saturated carbocycles. The van der Waals surface area contributed by atoms with Crippen molar-refractivity contribution in [2.75, 3.05) is 13.1 Å². The molecule has 0 fully saturated rings. The lowest BCUT2D eigenvalue weighted by Crippen LogP contribution is -2.38. The van der Waals surface area contributed by atoms with Crippen LogP contribution in [0.25, 0.3) is 0 Å². The van der Waals surface area contributed by atoms with Crippen molar-refractivity contribution >= 4 is 5.96 Å². The van der Waals surface area contributed by atoms with Crippen molar-refractivity contribution in [3.63, 3.8) is 0 Å². The van der Waals surface area contributed by atoms with Crippen LogP contribution in [0.1, 0.15) is 23.6 Å². The molecule has 27 heavy (non-hydrogen) atoms. The van der Waals surface area contributed by atoms with Gasteiger partial charge in [0.1, 0.15) is 0 Å². The van der Waals surface area contributed by atoms with Crippen molar-refractivity contribution in [1.29, 1.82) is 0 Å². The topological polar surface area (TPSA) is 54.2 Å².